The van der Waals surface area contributed by atoms with Crippen molar-refractivity contribution in [2.75, 3.05) is 0 Å². The largest absolute Gasteiger partial charge is 0.439 e. The van der Waals surface area contributed by atoms with Gasteiger partial charge in [-0.15, -0.1) is 0 Å². The second-order valence-corrected chi connectivity index (χ2v) is 2.74. The van der Waals surface area contributed by atoms with Crippen molar-refractivity contribution in [2.45, 2.75) is 0 Å². The van der Waals surface area contributed by atoms with Crippen LogP contribution in [0.3, 0.4) is 0 Å². The first kappa shape index (κ1) is 7.31. The van der Waals surface area contributed by atoms with E-state index in [2.05, 4.69) is 4.98 Å². The van der Waals surface area contributed by atoms with Crippen molar-refractivity contribution in [1.82, 2.24) is 4.98 Å². The second-order valence-electron chi connectivity index (χ2n) is 2.31. The maximum absolute atomic E-state index is 10.7. The van der Waals surface area contributed by atoms with Crippen LogP contribution in [0.1, 0.15) is 0 Å². The molecule has 12 heavy (non-hydrogen) atoms. The van der Waals surface area contributed by atoms with Crippen molar-refractivity contribution in [3.05, 3.63) is 40.0 Å². The van der Waals surface area contributed by atoms with Gasteiger partial charge in [0.05, 0.1) is 0 Å². The average molecular weight is 182 g/mol. The molecule has 3 nitrogen and oxygen atoms in total. The van der Waals surface area contributed by atoms with Gasteiger partial charge in [0, 0.05) is 16.6 Å². The van der Waals surface area contributed by atoms with E-state index in [0.29, 0.717) is 10.6 Å². The van der Waals surface area contributed by atoms with E-state index in [1.807, 2.05) is 0 Å². The lowest BCUT2D eigenvalue weighted by Crippen LogP contribution is -2.01. The molecule has 2 aromatic rings. The highest BCUT2D eigenvalue weighted by atomic mass is 35.5. The lowest BCUT2D eigenvalue weighted by molar-refractivity contribution is 0.531. The summed E-state index contributed by atoms with van der Waals surface area (Å²) in [6.45, 7) is 0. The Hall–Kier alpha value is -1.35. The van der Waals surface area contributed by atoms with E-state index in [9.17, 15) is 4.79 Å². The summed E-state index contributed by atoms with van der Waals surface area (Å²) in [5.74, 6) is -0.593. The smallest absolute Gasteiger partial charge is 0.408 e. The molecular formula is C8H4ClNO2. The first-order valence-electron chi connectivity index (χ1n) is 3.31. The van der Waals surface area contributed by atoms with Crippen LogP contribution < -0.4 is 5.76 Å². The monoisotopic (exact) mass is 181 g/mol. The third kappa shape index (κ3) is 1.19. The summed E-state index contributed by atoms with van der Waals surface area (Å²) in [7, 11) is 0. The molecule has 1 aromatic carbocycles. The standard InChI is InChI=1S/C8H4ClNO2/c9-6-1-2-7-5(3-6)4-10-8(11)12-7/h1-4H. The van der Waals surface area contributed by atoms with Gasteiger partial charge in [0.15, 0.2) is 0 Å². The number of rotatable bonds is 0. The molecule has 0 radical (unpaired) electrons. The van der Waals surface area contributed by atoms with E-state index in [4.69, 9.17) is 16.0 Å². The second kappa shape index (κ2) is 2.60. The maximum Gasteiger partial charge on any atom is 0.439 e. The fourth-order valence-electron chi connectivity index (χ4n) is 0.956. The van der Waals surface area contributed by atoms with E-state index >= 15 is 0 Å². The minimum absolute atomic E-state index is 0.499. The maximum atomic E-state index is 10.7. The highest BCUT2D eigenvalue weighted by Gasteiger charge is 1.97. The van der Waals surface area contributed by atoms with Gasteiger partial charge >= 0.3 is 5.76 Å². The minimum atomic E-state index is -0.593. The fraction of sp³-hybridized carbons (Fsp3) is 0. The van der Waals surface area contributed by atoms with Crippen LogP contribution in [-0.4, -0.2) is 4.98 Å². The van der Waals surface area contributed by atoms with Crippen LogP contribution in [0.2, 0.25) is 5.02 Å². The molecule has 0 aliphatic carbocycles. The normalized spacial score (nSPS) is 10.4. The van der Waals surface area contributed by atoms with E-state index in [1.54, 1.807) is 18.2 Å². The Balaban J connectivity index is 2.87. The zero-order valence-electron chi connectivity index (χ0n) is 5.95. The number of halogens is 1. The summed E-state index contributed by atoms with van der Waals surface area (Å²) >= 11 is 5.71. The lowest BCUT2D eigenvalue weighted by Gasteiger charge is -1.93. The molecule has 0 amide bonds. The van der Waals surface area contributed by atoms with Crippen molar-refractivity contribution in [3.63, 3.8) is 0 Å². The SMILES string of the molecule is O=c1ncc2cc(Cl)ccc2o1. The van der Waals surface area contributed by atoms with Crippen LogP contribution in [-0.2, 0) is 0 Å². The fourth-order valence-corrected chi connectivity index (χ4v) is 1.14. The molecule has 0 fully saturated rings. The van der Waals surface area contributed by atoms with Crippen LogP contribution in [0.5, 0.6) is 0 Å². The zero-order valence-corrected chi connectivity index (χ0v) is 6.71. The predicted octanol–water partition coefficient (Wildman–Crippen LogP) is 1.84. The summed E-state index contributed by atoms with van der Waals surface area (Å²) in [5.41, 5.74) is 0.499. The first-order chi connectivity index (χ1) is 5.75. The van der Waals surface area contributed by atoms with Gasteiger partial charge in [0.2, 0.25) is 0 Å². The van der Waals surface area contributed by atoms with Gasteiger partial charge < -0.3 is 4.42 Å². The molecule has 1 aromatic heterocycles. The number of nitrogens with zero attached hydrogens (tertiary/aromatic N) is 1. The molecule has 0 spiro atoms. The lowest BCUT2D eigenvalue weighted by atomic mass is 10.3. The summed E-state index contributed by atoms with van der Waals surface area (Å²) in [6.07, 6.45) is 1.44. The van der Waals surface area contributed by atoms with Crippen molar-refractivity contribution in [2.24, 2.45) is 0 Å². The van der Waals surface area contributed by atoms with Crippen LogP contribution in [0.25, 0.3) is 11.0 Å². The molecule has 1 heterocycles. The van der Waals surface area contributed by atoms with Crippen molar-refractivity contribution in [3.8, 4) is 0 Å². The summed E-state index contributed by atoms with van der Waals surface area (Å²) in [6, 6.07) is 4.99. The third-order valence-corrected chi connectivity index (χ3v) is 1.71. The molecule has 0 unspecified atom stereocenters. The first-order valence-corrected chi connectivity index (χ1v) is 3.69. The van der Waals surface area contributed by atoms with Crippen molar-refractivity contribution >= 4 is 22.6 Å². The van der Waals surface area contributed by atoms with Crippen LogP contribution >= 0.6 is 11.6 Å². The van der Waals surface area contributed by atoms with Gasteiger partial charge in [-0.2, -0.15) is 4.98 Å². The van der Waals surface area contributed by atoms with Gasteiger partial charge in [0.25, 0.3) is 0 Å². The number of hydrogen-bond donors (Lipinski definition) is 0. The van der Waals surface area contributed by atoms with Gasteiger partial charge in [-0.25, -0.2) is 4.79 Å². The Bertz CT molecular complexity index is 478. The van der Waals surface area contributed by atoms with Gasteiger partial charge in [-0.1, -0.05) is 11.6 Å². The summed E-state index contributed by atoms with van der Waals surface area (Å²) < 4.78 is 4.79. The predicted molar refractivity (Wildman–Crippen MR) is 45.3 cm³/mol. The topological polar surface area (TPSA) is 43.1 Å². The highest BCUT2D eigenvalue weighted by Crippen LogP contribution is 2.16. The molecule has 0 bridgehead atoms. The van der Waals surface area contributed by atoms with Crippen molar-refractivity contribution in [1.29, 1.82) is 0 Å². The quantitative estimate of drug-likeness (QED) is 0.623. The number of hydrogen-bond acceptors (Lipinski definition) is 3. The Kier molecular flexibility index (Phi) is 1.59. The van der Waals surface area contributed by atoms with E-state index in [-0.39, 0.29) is 0 Å². The van der Waals surface area contributed by atoms with Crippen LogP contribution in [0.15, 0.2) is 33.6 Å². The molecule has 0 aliphatic rings. The van der Waals surface area contributed by atoms with Gasteiger partial charge in [0.1, 0.15) is 5.58 Å². The summed E-state index contributed by atoms with van der Waals surface area (Å²) in [4.78, 5) is 14.1. The third-order valence-electron chi connectivity index (χ3n) is 1.48. The molecule has 0 atom stereocenters. The molecule has 0 saturated heterocycles. The highest BCUT2D eigenvalue weighted by molar-refractivity contribution is 6.31. The molecule has 0 N–H and O–H groups in total. The van der Waals surface area contributed by atoms with Crippen LogP contribution in [0, 0.1) is 0 Å². The zero-order chi connectivity index (χ0) is 8.55. The number of aromatic nitrogens is 1. The molecule has 0 saturated carbocycles. The molecule has 2 rings (SSSR count). The Morgan fingerprint density at radius 3 is 3.08 bits per heavy atom. The van der Waals surface area contributed by atoms with E-state index < -0.39 is 5.76 Å². The van der Waals surface area contributed by atoms with Crippen LogP contribution in [0.4, 0.5) is 0 Å². The average Bonchev–Trinajstić information content (AvgIpc) is 2.05. The summed E-state index contributed by atoms with van der Waals surface area (Å²) in [5, 5.41) is 1.32. The Morgan fingerprint density at radius 2 is 2.25 bits per heavy atom. The Labute approximate surface area is 72.6 Å². The van der Waals surface area contributed by atoms with Crippen molar-refractivity contribution < 1.29 is 4.42 Å². The van der Waals surface area contributed by atoms with E-state index in [1.165, 1.54) is 6.20 Å². The number of fused-ring (bicyclic) bond motifs is 1. The minimum Gasteiger partial charge on any atom is -0.408 e. The Morgan fingerprint density at radius 1 is 1.42 bits per heavy atom. The molecule has 60 valence electrons. The molecule has 4 heteroatoms. The van der Waals surface area contributed by atoms with Gasteiger partial charge in [-0.05, 0) is 18.2 Å². The molecule has 0 aliphatic heterocycles. The molecular weight excluding hydrogens is 178 g/mol. The van der Waals surface area contributed by atoms with E-state index in [0.717, 1.165) is 5.39 Å². The number of benzene rings is 1. The van der Waals surface area contributed by atoms with Gasteiger partial charge in [-0.3, -0.25) is 0 Å².